The van der Waals surface area contributed by atoms with Crippen molar-refractivity contribution >= 4 is 11.7 Å². The van der Waals surface area contributed by atoms with E-state index in [1.54, 1.807) is 0 Å². The van der Waals surface area contributed by atoms with Crippen LogP contribution in [0.15, 0.2) is 0 Å². The quantitative estimate of drug-likeness (QED) is 0.718. The van der Waals surface area contributed by atoms with Crippen LogP contribution in [0, 0.1) is 23.7 Å². The molecule has 3 nitrogen and oxygen atoms in total. The van der Waals surface area contributed by atoms with E-state index in [0.717, 1.165) is 11.8 Å². The highest BCUT2D eigenvalue weighted by Crippen LogP contribution is 2.53. The lowest BCUT2D eigenvalue weighted by molar-refractivity contribution is -0.139. The van der Waals surface area contributed by atoms with Crippen LogP contribution in [0.1, 0.15) is 39.0 Å². The normalized spacial score (nSPS) is 44.4. The third kappa shape index (κ3) is 1.57. The molecule has 0 aromatic carbocycles. The maximum atomic E-state index is 11.5. The van der Waals surface area contributed by atoms with E-state index in [4.69, 9.17) is 0 Å². The average molecular weight is 221 g/mol. The number of amides is 1. The molecule has 0 aromatic heterocycles. The first-order valence-corrected chi connectivity index (χ1v) is 6.45. The van der Waals surface area contributed by atoms with Crippen LogP contribution in [0.3, 0.4) is 0 Å². The molecular weight excluding hydrogens is 202 g/mol. The van der Waals surface area contributed by atoms with Gasteiger partial charge in [-0.1, -0.05) is 0 Å². The van der Waals surface area contributed by atoms with Crippen molar-refractivity contribution < 1.29 is 9.59 Å². The monoisotopic (exact) mass is 221 g/mol. The van der Waals surface area contributed by atoms with Crippen LogP contribution in [0.25, 0.3) is 0 Å². The van der Waals surface area contributed by atoms with E-state index in [-0.39, 0.29) is 11.7 Å². The molecule has 4 rings (SSSR count). The van der Waals surface area contributed by atoms with Crippen molar-refractivity contribution in [3.8, 4) is 0 Å². The smallest absolute Gasteiger partial charge is 0.287 e. The van der Waals surface area contributed by atoms with Gasteiger partial charge in [-0.2, -0.15) is 0 Å². The summed E-state index contributed by atoms with van der Waals surface area (Å²) in [6.07, 6.45) is 6.51. The maximum Gasteiger partial charge on any atom is 0.287 e. The summed E-state index contributed by atoms with van der Waals surface area (Å²) < 4.78 is 0. The Labute approximate surface area is 96.0 Å². The van der Waals surface area contributed by atoms with Crippen LogP contribution in [0.2, 0.25) is 0 Å². The summed E-state index contributed by atoms with van der Waals surface area (Å²) in [7, 11) is 0. The zero-order valence-electron chi connectivity index (χ0n) is 9.74. The van der Waals surface area contributed by atoms with Crippen molar-refractivity contribution in [1.29, 1.82) is 0 Å². The van der Waals surface area contributed by atoms with Gasteiger partial charge >= 0.3 is 0 Å². The van der Waals surface area contributed by atoms with Crippen LogP contribution >= 0.6 is 0 Å². The number of hydrogen-bond acceptors (Lipinski definition) is 2. The zero-order valence-corrected chi connectivity index (χ0v) is 9.74. The SMILES string of the molecule is CC(=O)C(=O)NC1C2CC3CC(C2)CC1C3. The van der Waals surface area contributed by atoms with Crippen LogP contribution < -0.4 is 5.32 Å². The maximum absolute atomic E-state index is 11.5. The van der Waals surface area contributed by atoms with E-state index in [1.807, 2.05) is 0 Å². The van der Waals surface area contributed by atoms with Crippen molar-refractivity contribution in [2.45, 2.75) is 45.1 Å². The van der Waals surface area contributed by atoms with Gasteiger partial charge in [-0.3, -0.25) is 9.59 Å². The first kappa shape index (κ1) is 10.3. The Bertz CT molecular complexity index is 309. The number of ketones is 1. The highest BCUT2D eigenvalue weighted by atomic mass is 16.2. The standard InChI is InChI=1S/C13H19NO2/c1-7(15)13(16)14-12-10-3-8-2-9(5-10)6-11(12)4-8/h8-12H,2-6H2,1H3,(H,14,16). The van der Waals surface area contributed by atoms with Crippen LogP contribution in [-0.4, -0.2) is 17.7 Å². The van der Waals surface area contributed by atoms with Crippen molar-refractivity contribution in [2.75, 3.05) is 0 Å². The van der Waals surface area contributed by atoms with E-state index < -0.39 is 0 Å². The third-order valence-electron chi connectivity index (χ3n) is 4.84. The number of Topliss-reactive ketones (excluding diaryl/α,β-unsaturated/α-hetero) is 1. The molecule has 0 atom stereocenters. The van der Waals surface area contributed by atoms with E-state index in [2.05, 4.69) is 5.32 Å². The molecule has 0 radical (unpaired) electrons. The second-order valence-electron chi connectivity index (χ2n) is 5.99. The lowest BCUT2D eigenvalue weighted by Gasteiger charge is -2.54. The van der Waals surface area contributed by atoms with E-state index in [1.165, 1.54) is 39.0 Å². The Kier molecular flexibility index (Phi) is 2.30. The molecule has 0 saturated heterocycles. The molecule has 4 aliphatic carbocycles. The predicted molar refractivity (Wildman–Crippen MR) is 59.7 cm³/mol. The first-order valence-electron chi connectivity index (χ1n) is 6.45. The number of carbonyl (C=O) groups excluding carboxylic acids is 2. The van der Waals surface area contributed by atoms with Gasteiger partial charge in [-0.25, -0.2) is 0 Å². The van der Waals surface area contributed by atoms with Gasteiger partial charge in [-0.05, 0) is 55.8 Å². The average Bonchev–Trinajstić information content (AvgIpc) is 2.21. The minimum Gasteiger partial charge on any atom is -0.346 e. The summed E-state index contributed by atoms with van der Waals surface area (Å²) in [4.78, 5) is 22.5. The molecule has 4 fully saturated rings. The number of rotatable bonds is 2. The fourth-order valence-corrected chi connectivity index (χ4v) is 4.41. The number of carbonyl (C=O) groups is 2. The van der Waals surface area contributed by atoms with Crippen molar-refractivity contribution in [2.24, 2.45) is 23.7 Å². The highest BCUT2D eigenvalue weighted by Gasteiger charge is 2.48. The van der Waals surface area contributed by atoms with Gasteiger partial charge in [0.1, 0.15) is 0 Å². The van der Waals surface area contributed by atoms with Gasteiger partial charge in [0.15, 0.2) is 0 Å². The minimum atomic E-state index is -0.377. The second-order valence-corrected chi connectivity index (χ2v) is 5.99. The van der Waals surface area contributed by atoms with Crippen LogP contribution in [-0.2, 0) is 9.59 Å². The summed E-state index contributed by atoms with van der Waals surface area (Å²) in [5, 5.41) is 2.97. The third-order valence-corrected chi connectivity index (χ3v) is 4.84. The predicted octanol–water partition coefficient (Wildman–Crippen LogP) is 1.52. The first-order chi connectivity index (χ1) is 7.63. The van der Waals surface area contributed by atoms with E-state index in [9.17, 15) is 9.59 Å². The van der Waals surface area contributed by atoms with Gasteiger partial charge in [0.25, 0.3) is 5.91 Å². The van der Waals surface area contributed by atoms with E-state index in [0.29, 0.717) is 17.9 Å². The van der Waals surface area contributed by atoms with Crippen molar-refractivity contribution in [3.05, 3.63) is 0 Å². The van der Waals surface area contributed by atoms with Gasteiger partial charge < -0.3 is 5.32 Å². The van der Waals surface area contributed by atoms with Crippen molar-refractivity contribution in [1.82, 2.24) is 5.32 Å². The van der Waals surface area contributed by atoms with E-state index >= 15 is 0 Å². The van der Waals surface area contributed by atoms with Gasteiger partial charge in [0, 0.05) is 13.0 Å². The molecular formula is C13H19NO2. The summed E-state index contributed by atoms with van der Waals surface area (Å²) >= 11 is 0. The lowest BCUT2D eigenvalue weighted by Crippen LogP contribution is -2.56. The molecule has 0 aromatic rings. The molecule has 0 unspecified atom stereocenters. The molecule has 3 heteroatoms. The summed E-state index contributed by atoms with van der Waals surface area (Å²) in [6, 6.07) is 0.296. The Morgan fingerprint density at radius 2 is 1.44 bits per heavy atom. The van der Waals surface area contributed by atoms with Gasteiger partial charge in [-0.15, -0.1) is 0 Å². The minimum absolute atomic E-state index is 0.296. The molecule has 4 saturated carbocycles. The summed E-state index contributed by atoms with van der Waals surface area (Å²) in [5.41, 5.74) is 0. The zero-order chi connectivity index (χ0) is 11.3. The molecule has 4 aliphatic rings. The topological polar surface area (TPSA) is 46.2 Å². The number of nitrogens with one attached hydrogen (secondary N) is 1. The molecule has 0 spiro atoms. The number of hydrogen-bond donors (Lipinski definition) is 1. The fraction of sp³-hybridized carbons (Fsp3) is 0.846. The molecule has 1 amide bonds. The summed E-state index contributed by atoms with van der Waals surface area (Å²) in [6.45, 7) is 1.35. The lowest BCUT2D eigenvalue weighted by atomic mass is 9.54. The second kappa shape index (κ2) is 3.57. The largest absolute Gasteiger partial charge is 0.346 e. The summed E-state index contributed by atoms with van der Waals surface area (Å²) in [5.74, 6) is 2.39. The highest BCUT2D eigenvalue weighted by molar-refractivity contribution is 6.35. The van der Waals surface area contributed by atoms with Crippen LogP contribution in [0.5, 0.6) is 0 Å². The Balaban J connectivity index is 1.72. The van der Waals surface area contributed by atoms with Gasteiger partial charge in [0.05, 0.1) is 0 Å². The Morgan fingerprint density at radius 3 is 1.88 bits per heavy atom. The molecule has 88 valence electrons. The Morgan fingerprint density at radius 1 is 0.938 bits per heavy atom. The van der Waals surface area contributed by atoms with Crippen molar-refractivity contribution in [3.63, 3.8) is 0 Å². The molecule has 16 heavy (non-hydrogen) atoms. The Hall–Kier alpha value is -0.860. The molecule has 1 N–H and O–H groups in total. The molecule has 4 bridgehead atoms. The van der Waals surface area contributed by atoms with Crippen LogP contribution in [0.4, 0.5) is 0 Å². The molecule has 0 heterocycles. The fourth-order valence-electron chi connectivity index (χ4n) is 4.41. The van der Waals surface area contributed by atoms with Gasteiger partial charge in [0.2, 0.25) is 5.78 Å². The molecule has 0 aliphatic heterocycles.